The molecule has 1 heterocycles. The molecule has 0 aliphatic heterocycles. The van der Waals surface area contributed by atoms with Gasteiger partial charge in [0.05, 0.1) is 0 Å². The maximum Gasteiger partial charge on any atom is 0.227 e. The summed E-state index contributed by atoms with van der Waals surface area (Å²) in [7, 11) is 0. The van der Waals surface area contributed by atoms with Crippen molar-refractivity contribution in [3.8, 4) is 0 Å². The first-order chi connectivity index (χ1) is 9.72. The standard InChI is InChI=1S/C16H19N3O/c17-14-4-1-11(2-5-14)16(20)19-15-6-3-13-10-18-8-7-12(13)9-15/h3,6-11,14H,1-2,4-5,17H2,(H,19,20). The zero-order valence-corrected chi connectivity index (χ0v) is 11.4. The SMILES string of the molecule is NC1CCC(C(=O)Nc2ccc3cnccc3c2)CC1. The first kappa shape index (κ1) is 13.1. The van der Waals surface area contributed by atoms with Gasteiger partial charge in [0.1, 0.15) is 0 Å². The van der Waals surface area contributed by atoms with Crippen molar-refractivity contribution in [2.45, 2.75) is 31.7 Å². The van der Waals surface area contributed by atoms with E-state index in [0.717, 1.165) is 42.1 Å². The van der Waals surface area contributed by atoms with E-state index >= 15 is 0 Å². The number of carbonyl (C=O) groups is 1. The van der Waals surface area contributed by atoms with Crippen LogP contribution in [-0.2, 0) is 4.79 Å². The van der Waals surface area contributed by atoms with Gasteiger partial charge in [-0.05, 0) is 49.3 Å². The van der Waals surface area contributed by atoms with Crippen molar-refractivity contribution in [2.24, 2.45) is 11.7 Å². The molecule has 20 heavy (non-hydrogen) atoms. The number of nitrogens with zero attached hydrogens (tertiary/aromatic N) is 1. The van der Waals surface area contributed by atoms with E-state index in [2.05, 4.69) is 10.3 Å². The molecule has 0 bridgehead atoms. The molecule has 3 rings (SSSR count). The number of hydrogen-bond donors (Lipinski definition) is 2. The number of carbonyl (C=O) groups excluding carboxylic acids is 1. The number of benzene rings is 1. The van der Waals surface area contributed by atoms with Crippen molar-refractivity contribution < 1.29 is 4.79 Å². The highest BCUT2D eigenvalue weighted by molar-refractivity contribution is 5.95. The van der Waals surface area contributed by atoms with Gasteiger partial charge in [0, 0.05) is 35.4 Å². The fraction of sp³-hybridized carbons (Fsp3) is 0.375. The Kier molecular flexibility index (Phi) is 3.65. The van der Waals surface area contributed by atoms with Crippen molar-refractivity contribution >= 4 is 22.4 Å². The van der Waals surface area contributed by atoms with Gasteiger partial charge in [-0.25, -0.2) is 0 Å². The summed E-state index contributed by atoms with van der Waals surface area (Å²) in [5.41, 5.74) is 6.72. The summed E-state index contributed by atoms with van der Waals surface area (Å²) in [6.07, 6.45) is 7.26. The molecule has 1 aliphatic rings. The first-order valence-corrected chi connectivity index (χ1v) is 7.12. The lowest BCUT2D eigenvalue weighted by Crippen LogP contribution is -2.32. The fourth-order valence-corrected chi connectivity index (χ4v) is 2.79. The van der Waals surface area contributed by atoms with E-state index in [1.807, 2.05) is 30.5 Å². The maximum absolute atomic E-state index is 12.2. The quantitative estimate of drug-likeness (QED) is 0.880. The average Bonchev–Trinajstić information content (AvgIpc) is 2.48. The fourth-order valence-electron chi connectivity index (χ4n) is 2.79. The van der Waals surface area contributed by atoms with Gasteiger partial charge in [-0.1, -0.05) is 6.07 Å². The van der Waals surface area contributed by atoms with Gasteiger partial charge in [0.25, 0.3) is 0 Å². The van der Waals surface area contributed by atoms with Gasteiger partial charge < -0.3 is 11.1 Å². The lowest BCUT2D eigenvalue weighted by molar-refractivity contribution is -0.120. The van der Waals surface area contributed by atoms with Gasteiger partial charge in [0.15, 0.2) is 0 Å². The predicted molar refractivity (Wildman–Crippen MR) is 80.3 cm³/mol. The van der Waals surface area contributed by atoms with Crippen LogP contribution in [0.25, 0.3) is 10.8 Å². The minimum Gasteiger partial charge on any atom is -0.328 e. The van der Waals surface area contributed by atoms with Crippen molar-refractivity contribution in [3.63, 3.8) is 0 Å². The number of pyridine rings is 1. The number of anilines is 1. The molecule has 0 saturated heterocycles. The Morgan fingerprint density at radius 2 is 1.95 bits per heavy atom. The molecule has 0 atom stereocenters. The van der Waals surface area contributed by atoms with Crippen molar-refractivity contribution in [2.75, 3.05) is 5.32 Å². The molecule has 1 aliphatic carbocycles. The van der Waals surface area contributed by atoms with Crippen LogP contribution in [0.3, 0.4) is 0 Å². The molecule has 1 fully saturated rings. The molecule has 4 nitrogen and oxygen atoms in total. The molecule has 1 amide bonds. The smallest absolute Gasteiger partial charge is 0.227 e. The van der Waals surface area contributed by atoms with Gasteiger partial charge in [-0.2, -0.15) is 0 Å². The van der Waals surface area contributed by atoms with Crippen LogP contribution >= 0.6 is 0 Å². The number of rotatable bonds is 2. The monoisotopic (exact) mass is 269 g/mol. The van der Waals surface area contributed by atoms with Crippen LogP contribution in [0.4, 0.5) is 5.69 Å². The second-order valence-electron chi connectivity index (χ2n) is 5.54. The minimum absolute atomic E-state index is 0.0999. The molecule has 0 radical (unpaired) electrons. The molecule has 3 N–H and O–H groups in total. The molecule has 0 spiro atoms. The highest BCUT2D eigenvalue weighted by Gasteiger charge is 2.24. The van der Waals surface area contributed by atoms with E-state index < -0.39 is 0 Å². The molecular weight excluding hydrogens is 250 g/mol. The minimum atomic E-state index is 0.0999. The van der Waals surface area contributed by atoms with E-state index in [-0.39, 0.29) is 17.9 Å². The topological polar surface area (TPSA) is 68.0 Å². The van der Waals surface area contributed by atoms with Crippen LogP contribution in [0.5, 0.6) is 0 Å². The molecular formula is C16H19N3O. The van der Waals surface area contributed by atoms with Crippen molar-refractivity contribution in [3.05, 3.63) is 36.7 Å². The van der Waals surface area contributed by atoms with E-state index in [0.29, 0.717) is 0 Å². The summed E-state index contributed by atoms with van der Waals surface area (Å²) < 4.78 is 0. The summed E-state index contributed by atoms with van der Waals surface area (Å²) in [6, 6.07) is 8.12. The summed E-state index contributed by atoms with van der Waals surface area (Å²) in [4.78, 5) is 16.3. The third-order valence-electron chi connectivity index (χ3n) is 4.05. The predicted octanol–water partition coefficient (Wildman–Crippen LogP) is 2.69. The Labute approximate surface area is 118 Å². The Bertz CT molecular complexity index is 618. The Morgan fingerprint density at radius 3 is 2.75 bits per heavy atom. The first-order valence-electron chi connectivity index (χ1n) is 7.12. The highest BCUT2D eigenvalue weighted by Crippen LogP contribution is 2.25. The molecule has 4 heteroatoms. The van der Waals surface area contributed by atoms with E-state index in [1.165, 1.54) is 0 Å². The normalized spacial score (nSPS) is 22.6. The van der Waals surface area contributed by atoms with Crippen LogP contribution in [0.15, 0.2) is 36.7 Å². The van der Waals surface area contributed by atoms with E-state index in [9.17, 15) is 4.79 Å². The number of nitrogens with one attached hydrogen (secondary N) is 1. The zero-order chi connectivity index (χ0) is 13.9. The van der Waals surface area contributed by atoms with Gasteiger partial charge in [-0.15, -0.1) is 0 Å². The Hall–Kier alpha value is -1.94. The van der Waals surface area contributed by atoms with Crippen molar-refractivity contribution in [1.29, 1.82) is 0 Å². The molecule has 2 aromatic rings. The maximum atomic E-state index is 12.2. The van der Waals surface area contributed by atoms with Gasteiger partial charge in [-0.3, -0.25) is 9.78 Å². The molecule has 0 unspecified atom stereocenters. The van der Waals surface area contributed by atoms with Crippen molar-refractivity contribution in [1.82, 2.24) is 4.98 Å². The molecule has 1 saturated carbocycles. The summed E-state index contributed by atoms with van der Waals surface area (Å²) in [5, 5.41) is 5.18. The van der Waals surface area contributed by atoms with Crippen LogP contribution in [0.1, 0.15) is 25.7 Å². The second kappa shape index (κ2) is 5.59. The molecule has 1 aromatic carbocycles. The largest absolute Gasteiger partial charge is 0.328 e. The number of nitrogens with two attached hydrogens (primary N) is 1. The third kappa shape index (κ3) is 2.80. The van der Waals surface area contributed by atoms with Crippen LogP contribution in [0, 0.1) is 5.92 Å². The summed E-state index contributed by atoms with van der Waals surface area (Å²) >= 11 is 0. The Balaban J connectivity index is 1.71. The van der Waals surface area contributed by atoms with Crippen LogP contribution in [0.2, 0.25) is 0 Å². The Morgan fingerprint density at radius 1 is 1.15 bits per heavy atom. The lowest BCUT2D eigenvalue weighted by Gasteiger charge is -2.25. The van der Waals surface area contributed by atoms with Gasteiger partial charge >= 0.3 is 0 Å². The summed E-state index contributed by atoms with van der Waals surface area (Å²) in [6.45, 7) is 0. The highest BCUT2D eigenvalue weighted by atomic mass is 16.1. The summed E-state index contributed by atoms with van der Waals surface area (Å²) in [5.74, 6) is 0.216. The second-order valence-corrected chi connectivity index (χ2v) is 5.54. The van der Waals surface area contributed by atoms with Crippen LogP contribution in [-0.4, -0.2) is 16.9 Å². The average molecular weight is 269 g/mol. The number of fused-ring (bicyclic) bond motifs is 1. The lowest BCUT2D eigenvalue weighted by atomic mass is 9.86. The third-order valence-corrected chi connectivity index (χ3v) is 4.05. The van der Waals surface area contributed by atoms with Crippen LogP contribution < -0.4 is 11.1 Å². The molecule has 104 valence electrons. The molecule has 1 aromatic heterocycles. The van der Waals surface area contributed by atoms with E-state index in [1.54, 1.807) is 6.20 Å². The van der Waals surface area contributed by atoms with Gasteiger partial charge in [0.2, 0.25) is 5.91 Å². The zero-order valence-electron chi connectivity index (χ0n) is 11.4. The van der Waals surface area contributed by atoms with E-state index in [4.69, 9.17) is 5.73 Å². The number of amides is 1. The number of aromatic nitrogens is 1. The number of hydrogen-bond acceptors (Lipinski definition) is 3.